The Hall–Kier alpha value is -0.430. The van der Waals surface area contributed by atoms with Crippen LogP contribution in [0.15, 0.2) is 30.3 Å². The lowest BCUT2D eigenvalue weighted by Crippen LogP contribution is -2.45. The van der Waals surface area contributed by atoms with Gasteiger partial charge in [-0.2, -0.15) is 17.4 Å². The highest BCUT2D eigenvalue weighted by Gasteiger charge is 2.26. The van der Waals surface area contributed by atoms with Gasteiger partial charge in [-0.25, -0.2) is 0 Å². The van der Waals surface area contributed by atoms with Gasteiger partial charge >= 0.3 is 0 Å². The molecule has 0 aromatic heterocycles. The van der Waals surface area contributed by atoms with E-state index in [2.05, 4.69) is 20.7 Å². The first kappa shape index (κ1) is 15.0. The van der Waals surface area contributed by atoms with E-state index in [-0.39, 0.29) is 6.04 Å². The van der Waals surface area contributed by atoms with E-state index in [9.17, 15) is 8.42 Å². The molecule has 1 N–H and O–H groups in total. The molecule has 0 amide bonds. The molecule has 1 atom stereocenters. The number of benzene rings is 1. The minimum absolute atomic E-state index is 0.229. The lowest BCUT2D eigenvalue weighted by Gasteiger charge is -2.28. The normalized spacial score (nSPS) is 19.2. The molecule has 0 radical (unpaired) electrons. The Morgan fingerprint density at radius 2 is 1.79 bits per heavy atom. The van der Waals surface area contributed by atoms with Crippen LogP contribution in [-0.4, -0.2) is 31.1 Å². The maximum Gasteiger partial charge on any atom is 0.280 e. The molecule has 0 spiro atoms. The first-order valence-corrected chi connectivity index (χ1v) is 9.08. The molecule has 1 heterocycles. The maximum absolute atomic E-state index is 12.3. The smallest absolute Gasteiger partial charge is 0.195 e. The van der Waals surface area contributed by atoms with E-state index >= 15 is 0 Å². The van der Waals surface area contributed by atoms with Gasteiger partial charge in [0.1, 0.15) is 0 Å². The van der Waals surface area contributed by atoms with Gasteiger partial charge < -0.3 is 0 Å². The summed E-state index contributed by atoms with van der Waals surface area (Å²) in [6.07, 6.45) is 3.02. The van der Waals surface area contributed by atoms with Crippen molar-refractivity contribution in [3.63, 3.8) is 0 Å². The summed E-state index contributed by atoms with van der Waals surface area (Å²) >= 11 is 3.38. The van der Waals surface area contributed by atoms with E-state index < -0.39 is 10.2 Å². The van der Waals surface area contributed by atoms with Gasteiger partial charge in [0.15, 0.2) is 0 Å². The summed E-state index contributed by atoms with van der Waals surface area (Å²) < 4.78 is 29.0. The van der Waals surface area contributed by atoms with Crippen molar-refractivity contribution in [1.82, 2.24) is 9.03 Å². The van der Waals surface area contributed by atoms with Gasteiger partial charge in [-0.3, -0.25) is 0 Å². The fourth-order valence-corrected chi connectivity index (χ4v) is 4.45. The third kappa shape index (κ3) is 4.02. The second-order valence-corrected chi connectivity index (χ2v) is 7.05. The molecule has 0 aliphatic carbocycles. The second kappa shape index (κ2) is 6.83. The number of alkyl halides is 1. The number of nitrogens with zero attached hydrogens (tertiary/aromatic N) is 1. The van der Waals surface area contributed by atoms with Crippen LogP contribution in [0.1, 0.15) is 30.9 Å². The van der Waals surface area contributed by atoms with Crippen molar-refractivity contribution in [2.45, 2.75) is 25.3 Å². The van der Waals surface area contributed by atoms with E-state index in [0.29, 0.717) is 18.4 Å². The van der Waals surface area contributed by atoms with E-state index in [1.165, 1.54) is 0 Å². The third-order valence-corrected chi connectivity index (χ3v) is 5.58. The van der Waals surface area contributed by atoms with Crippen molar-refractivity contribution in [3.8, 4) is 0 Å². The second-order valence-electron chi connectivity index (χ2n) is 4.70. The van der Waals surface area contributed by atoms with Gasteiger partial charge in [-0.05, 0) is 18.4 Å². The average Bonchev–Trinajstić information content (AvgIpc) is 2.47. The zero-order valence-corrected chi connectivity index (χ0v) is 13.2. The Kier molecular flexibility index (Phi) is 5.38. The van der Waals surface area contributed by atoms with Crippen LogP contribution in [0.2, 0.25) is 0 Å². The summed E-state index contributed by atoms with van der Waals surface area (Å²) in [7, 11) is -3.39. The Bertz CT molecular complexity index is 487. The topological polar surface area (TPSA) is 49.4 Å². The van der Waals surface area contributed by atoms with Crippen LogP contribution in [0, 0.1) is 0 Å². The van der Waals surface area contributed by atoms with Gasteiger partial charge in [0, 0.05) is 18.4 Å². The number of nitrogens with one attached hydrogen (secondary N) is 1. The monoisotopic (exact) mass is 346 g/mol. The molecule has 106 valence electrons. The molecule has 0 bridgehead atoms. The Morgan fingerprint density at radius 1 is 1.16 bits per heavy atom. The first-order chi connectivity index (χ1) is 9.13. The highest BCUT2D eigenvalue weighted by molar-refractivity contribution is 9.09. The Labute approximate surface area is 123 Å². The highest BCUT2D eigenvalue weighted by atomic mass is 79.9. The van der Waals surface area contributed by atoms with Crippen LogP contribution in [-0.2, 0) is 10.2 Å². The van der Waals surface area contributed by atoms with Crippen LogP contribution in [0.3, 0.4) is 0 Å². The van der Waals surface area contributed by atoms with Crippen LogP contribution < -0.4 is 4.72 Å². The molecule has 6 heteroatoms. The molecule has 1 aliphatic heterocycles. The molecule has 1 fully saturated rings. The lowest BCUT2D eigenvalue weighted by atomic mass is 10.1. The number of hydrogen-bond donors (Lipinski definition) is 1. The van der Waals surface area contributed by atoms with Crippen molar-refractivity contribution >= 4 is 26.1 Å². The fourth-order valence-electron chi connectivity index (χ4n) is 2.23. The van der Waals surface area contributed by atoms with E-state index in [1.54, 1.807) is 4.31 Å². The van der Waals surface area contributed by atoms with Crippen LogP contribution >= 0.6 is 15.9 Å². The van der Waals surface area contributed by atoms with Crippen LogP contribution in [0.25, 0.3) is 0 Å². The predicted octanol–water partition coefficient (Wildman–Crippen LogP) is 2.44. The minimum Gasteiger partial charge on any atom is -0.195 e. The highest BCUT2D eigenvalue weighted by Crippen LogP contribution is 2.19. The molecular weight excluding hydrogens is 328 g/mol. The molecule has 1 aromatic carbocycles. The quantitative estimate of drug-likeness (QED) is 0.832. The number of rotatable bonds is 5. The van der Waals surface area contributed by atoms with Crippen LogP contribution in [0.5, 0.6) is 0 Å². The molecule has 1 unspecified atom stereocenters. The van der Waals surface area contributed by atoms with E-state index in [1.807, 2.05) is 30.3 Å². The average molecular weight is 347 g/mol. The molecule has 1 saturated heterocycles. The van der Waals surface area contributed by atoms with Crippen molar-refractivity contribution in [2.75, 3.05) is 18.4 Å². The Morgan fingerprint density at radius 3 is 2.37 bits per heavy atom. The van der Waals surface area contributed by atoms with E-state index in [0.717, 1.165) is 24.8 Å². The zero-order valence-electron chi connectivity index (χ0n) is 10.8. The van der Waals surface area contributed by atoms with Crippen molar-refractivity contribution in [1.29, 1.82) is 0 Å². The summed E-state index contributed by atoms with van der Waals surface area (Å²) in [5, 5.41) is 0.560. The summed E-state index contributed by atoms with van der Waals surface area (Å²) in [4.78, 5) is 0. The van der Waals surface area contributed by atoms with Gasteiger partial charge in [-0.15, -0.1) is 0 Å². The van der Waals surface area contributed by atoms with Gasteiger partial charge in [0.25, 0.3) is 10.2 Å². The van der Waals surface area contributed by atoms with Crippen molar-refractivity contribution in [3.05, 3.63) is 35.9 Å². The molecular formula is C13H19BrN2O2S. The van der Waals surface area contributed by atoms with Crippen LogP contribution in [0.4, 0.5) is 0 Å². The number of halogens is 1. The Balaban J connectivity index is 2.09. The lowest BCUT2D eigenvalue weighted by molar-refractivity contribution is 0.339. The molecule has 2 rings (SSSR count). The van der Waals surface area contributed by atoms with Gasteiger partial charge in [-0.1, -0.05) is 52.7 Å². The number of piperidine rings is 1. The molecule has 0 saturated carbocycles. The van der Waals surface area contributed by atoms with Gasteiger partial charge in [0.05, 0.1) is 6.04 Å². The van der Waals surface area contributed by atoms with Gasteiger partial charge in [0.2, 0.25) is 0 Å². The zero-order chi connectivity index (χ0) is 13.7. The summed E-state index contributed by atoms with van der Waals surface area (Å²) in [5.41, 5.74) is 0.972. The molecule has 19 heavy (non-hydrogen) atoms. The SMILES string of the molecule is O=S(=O)(NC(CBr)c1ccccc1)N1CCCCC1. The minimum atomic E-state index is -3.39. The fraction of sp³-hybridized carbons (Fsp3) is 0.538. The molecule has 4 nitrogen and oxygen atoms in total. The van der Waals surface area contributed by atoms with Crippen molar-refractivity contribution < 1.29 is 8.42 Å². The number of hydrogen-bond acceptors (Lipinski definition) is 2. The summed E-state index contributed by atoms with van der Waals surface area (Å²) in [6, 6.07) is 9.40. The predicted molar refractivity (Wildman–Crippen MR) is 80.5 cm³/mol. The van der Waals surface area contributed by atoms with E-state index in [4.69, 9.17) is 0 Å². The molecule has 1 aliphatic rings. The standard InChI is InChI=1S/C13H19BrN2O2S/c14-11-13(12-7-3-1-4-8-12)15-19(17,18)16-9-5-2-6-10-16/h1,3-4,7-8,13,15H,2,5-6,9-11H2. The maximum atomic E-state index is 12.3. The third-order valence-electron chi connectivity index (χ3n) is 3.30. The summed E-state index contributed by atoms with van der Waals surface area (Å²) in [5.74, 6) is 0. The largest absolute Gasteiger partial charge is 0.280 e. The first-order valence-electron chi connectivity index (χ1n) is 6.52. The molecule has 1 aromatic rings. The van der Waals surface area contributed by atoms with Crippen molar-refractivity contribution in [2.24, 2.45) is 0 Å². The summed E-state index contributed by atoms with van der Waals surface area (Å²) in [6.45, 7) is 1.25.